The molecule has 0 bridgehead atoms. The summed E-state index contributed by atoms with van der Waals surface area (Å²) >= 11 is 0. The standard InChI is InChI=1S/C58H113NO8/c1-3-5-7-9-10-11-12-13-14-15-16-17-18-19-20-21-22-23-24-25-26-27-28-29-30-31-32-33-34-35-36-37-38-39-40-41-42-44-46-48-54(62)59-51(52(61)47-45-43-8-6-4-2)50-66-58-57(65)56(64)55(63)53(49-60)67-58/h15-16,51-53,55-58,60-61,63-65H,3-14,17-50H2,1-2H3,(H,59,62)/b16-15-. The van der Waals surface area contributed by atoms with Crippen molar-refractivity contribution in [1.29, 1.82) is 0 Å². The summed E-state index contributed by atoms with van der Waals surface area (Å²) in [6, 6.07) is -0.710. The van der Waals surface area contributed by atoms with Crippen molar-refractivity contribution in [1.82, 2.24) is 5.32 Å². The summed E-state index contributed by atoms with van der Waals surface area (Å²) in [5, 5.41) is 54.0. The molecular formula is C58H113NO8. The van der Waals surface area contributed by atoms with E-state index >= 15 is 0 Å². The van der Waals surface area contributed by atoms with Gasteiger partial charge < -0.3 is 40.3 Å². The Labute approximate surface area is 414 Å². The smallest absolute Gasteiger partial charge is 0.220 e. The molecule has 0 saturated carbocycles. The molecule has 9 heteroatoms. The van der Waals surface area contributed by atoms with Crippen molar-refractivity contribution in [3.63, 3.8) is 0 Å². The SMILES string of the molecule is CCCCCCCCCC/C=C\CCCCCCCCCCCCCCCCCCCCCCCCCCCCCC(=O)NC(COC1OC(CO)C(O)C(O)C1O)C(O)CCCCCCC. The van der Waals surface area contributed by atoms with Crippen LogP contribution in [-0.4, -0.2) is 87.5 Å². The molecule has 1 heterocycles. The zero-order chi connectivity index (χ0) is 48.7. The van der Waals surface area contributed by atoms with Crippen LogP contribution in [0.5, 0.6) is 0 Å². The van der Waals surface area contributed by atoms with E-state index in [4.69, 9.17) is 9.47 Å². The number of aliphatic hydroxyl groups is 5. The van der Waals surface area contributed by atoms with Gasteiger partial charge in [-0.15, -0.1) is 0 Å². The number of carbonyl (C=O) groups is 1. The average molecular weight is 953 g/mol. The quantitative estimate of drug-likeness (QED) is 0.0261. The lowest BCUT2D eigenvalue weighted by Crippen LogP contribution is -2.60. The van der Waals surface area contributed by atoms with Crippen LogP contribution < -0.4 is 5.32 Å². The Morgan fingerprint density at radius 3 is 1.21 bits per heavy atom. The van der Waals surface area contributed by atoms with Gasteiger partial charge in [-0.2, -0.15) is 0 Å². The van der Waals surface area contributed by atoms with E-state index in [0.29, 0.717) is 12.8 Å². The zero-order valence-corrected chi connectivity index (χ0v) is 44.2. The molecule has 7 atom stereocenters. The first-order valence-corrected chi connectivity index (χ1v) is 29.4. The van der Waals surface area contributed by atoms with Crippen LogP contribution in [0.2, 0.25) is 0 Å². The van der Waals surface area contributed by atoms with Gasteiger partial charge in [-0.05, 0) is 38.5 Å². The normalized spacial score (nSPS) is 19.7. The lowest BCUT2D eigenvalue weighted by molar-refractivity contribution is -0.302. The Morgan fingerprint density at radius 2 is 0.836 bits per heavy atom. The van der Waals surface area contributed by atoms with Crippen LogP contribution in [0.25, 0.3) is 0 Å². The zero-order valence-electron chi connectivity index (χ0n) is 44.2. The van der Waals surface area contributed by atoms with E-state index in [2.05, 4.69) is 31.3 Å². The summed E-state index contributed by atoms with van der Waals surface area (Å²) in [6.45, 7) is 3.76. The van der Waals surface area contributed by atoms with E-state index in [9.17, 15) is 30.3 Å². The number of rotatable bonds is 51. The van der Waals surface area contributed by atoms with Crippen molar-refractivity contribution in [2.45, 2.75) is 339 Å². The minimum atomic E-state index is -1.55. The largest absolute Gasteiger partial charge is 0.394 e. The van der Waals surface area contributed by atoms with Crippen molar-refractivity contribution in [2.24, 2.45) is 0 Å². The molecule has 1 aliphatic heterocycles. The van der Waals surface area contributed by atoms with Gasteiger partial charge in [-0.25, -0.2) is 0 Å². The van der Waals surface area contributed by atoms with Crippen LogP contribution in [0.4, 0.5) is 0 Å². The van der Waals surface area contributed by atoms with E-state index in [1.807, 2.05) is 0 Å². The third kappa shape index (κ3) is 38.3. The lowest BCUT2D eigenvalue weighted by Gasteiger charge is -2.40. The van der Waals surface area contributed by atoms with Gasteiger partial charge >= 0.3 is 0 Å². The van der Waals surface area contributed by atoms with Gasteiger partial charge in [-0.3, -0.25) is 4.79 Å². The second kappa shape index (κ2) is 48.6. The minimum Gasteiger partial charge on any atom is -0.394 e. The van der Waals surface area contributed by atoms with Gasteiger partial charge in [-0.1, -0.05) is 264 Å². The third-order valence-corrected chi connectivity index (χ3v) is 14.4. The molecule has 1 saturated heterocycles. The second-order valence-corrected chi connectivity index (χ2v) is 20.8. The van der Waals surface area contributed by atoms with E-state index < -0.39 is 49.5 Å². The molecule has 0 spiro atoms. The van der Waals surface area contributed by atoms with Gasteiger partial charge in [0.1, 0.15) is 24.4 Å². The van der Waals surface area contributed by atoms with Crippen molar-refractivity contribution in [2.75, 3.05) is 13.2 Å². The summed E-state index contributed by atoms with van der Waals surface area (Å²) in [5.41, 5.74) is 0. The van der Waals surface area contributed by atoms with Crippen molar-refractivity contribution < 1.29 is 39.8 Å². The van der Waals surface area contributed by atoms with Crippen LogP contribution in [0.3, 0.4) is 0 Å². The first kappa shape index (κ1) is 63.9. The lowest BCUT2D eigenvalue weighted by atomic mass is 9.99. The van der Waals surface area contributed by atoms with Crippen LogP contribution in [0.1, 0.15) is 296 Å². The highest BCUT2D eigenvalue weighted by Crippen LogP contribution is 2.23. The van der Waals surface area contributed by atoms with Gasteiger partial charge in [0.2, 0.25) is 5.91 Å². The van der Waals surface area contributed by atoms with Gasteiger partial charge in [0.05, 0.1) is 25.4 Å². The predicted octanol–water partition coefficient (Wildman–Crippen LogP) is 14.4. The monoisotopic (exact) mass is 952 g/mol. The summed E-state index contributed by atoms with van der Waals surface area (Å²) in [7, 11) is 0. The van der Waals surface area contributed by atoms with E-state index in [1.165, 1.54) is 218 Å². The third-order valence-electron chi connectivity index (χ3n) is 14.4. The second-order valence-electron chi connectivity index (χ2n) is 20.8. The summed E-state index contributed by atoms with van der Waals surface area (Å²) in [6.07, 6.45) is 53.5. The highest BCUT2D eigenvalue weighted by atomic mass is 16.7. The molecule has 67 heavy (non-hydrogen) atoms. The van der Waals surface area contributed by atoms with Crippen LogP contribution >= 0.6 is 0 Å². The molecule has 1 aliphatic rings. The Balaban J connectivity index is 1.90. The van der Waals surface area contributed by atoms with E-state index in [-0.39, 0.29) is 12.5 Å². The maximum absolute atomic E-state index is 12.9. The molecule has 398 valence electrons. The first-order valence-electron chi connectivity index (χ1n) is 29.4. The fourth-order valence-electron chi connectivity index (χ4n) is 9.69. The topological polar surface area (TPSA) is 149 Å². The molecule has 1 fully saturated rings. The van der Waals surface area contributed by atoms with Crippen LogP contribution in [0, 0.1) is 0 Å². The number of aliphatic hydroxyl groups excluding tert-OH is 5. The van der Waals surface area contributed by atoms with Crippen molar-refractivity contribution >= 4 is 5.91 Å². The number of allylic oxidation sites excluding steroid dienone is 2. The number of nitrogens with one attached hydrogen (secondary N) is 1. The molecule has 0 aromatic rings. The minimum absolute atomic E-state index is 0.135. The Morgan fingerprint density at radius 1 is 0.493 bits per heavy atom. The maximum Gasteiger partial charge on any atom is 0.220 e. The van der Waals surface area contributed by atoms with Gasteiger partial charge in [0, 0.05) is 6.42 Å². The molecule has 0 aromatic carbocycles. The fraction of sp³-hybridized carbons (Fsp3) is 0.948. The molecule has 6 N–H and O–H groups in total. The highest BCUT2D eigenvalue weighted by molar-refractivity contribution is 5.76. The van der Waals surface area contributed by atoms with Crippen molar-refractivity contribution in [3.8, 4) is 0 Å². The number of amides is 1. The summed E-state index contributed by atoms with van der Waals surface area (Å²) in [5.74, 6) is -0.145. The van der Waals surface area contributed by atoms with Crippen LogP contribution in [0.15, 0.2) is 12.2 Å². The Kier molecular flexibility index (Phi) is 46.3. The maximum atomic E-state index is 12.9. The van der Waals surface area contributed by atoms with Crippen LogP contribution in [-0.2, 0) is 14.3 Å². The van der Waals surface area contributed by atoms with E-state index in [1.54, 1.807) is 0 Å². The molecule has 7 unspecified atom stereocenters. The average Bonchev–Trinajstić information content (AvgIpc) is 3.33. The summed E-state index contributed by atoms with van der Waals surface area (Å²) < 4.78 is 11.2. The number of hydrogen-bond acceptors (Lipinski definition) is 8. The number of ether oxygens (including phenoxy) is 2. The first-order chi connectivity index (χ1) is 32.8. The van der Waals surface area contributed by atoms with Gasteiger partial charge in [0.15, 0.2) is 6.29 Å². The molecule has 0 aromatic heterocycles. The molecule has 9 nitrogen and oxygen atoms in total. The Hall–Kier alpha value is -1.07. The molecule has 0 radical (unpaired) electrons. The number of unbranched alkanes of at least 4 members (excludes halogenated alkanes) is 39. The molecule has 0 aliphatic carbocycles. The number of carbonyl (C=O) groups excluding carboxylic acids is 1. The predicted molar refractivity (Wildman–Crippen MR) is 281 cm³/mol. The highest BCUT2D eigenvalue weighted by Gasteiger charge is 2.44. The summed E-state index contributed by atoms with van der Waals surface area (Å²) in [4.78, 5) is 12.9. The van der Waals surface area contributed by atoms with Gasteiger partial charge in [0.25, 0.3) is 0 Å². The van der Waals surface area contributed by atoms with Crippen molar-refractivity contribution in [3.05, 3.63) is 12.2 Å². The van der Waals surface area contributed by atoms with E-state index in [0.717, 1.165) is 51.4 Å². The molecule has 1 amide bonds. The fourth-order valence-corrected chi connectivity index (χ4v) is 9.69. The Bertz CT molecular complexity index is 1060. The molecule has 1 rings (SSSR count). The number of hydrogen-bond donors (Lipinski definition) is 6. The molecular weight excluding hydrogens is 839 g/mol.